The molecule has 0 N–H and O–H groups in total. The van der Waals surface area contributed by atoms with Crippen molar-refractivity contribution >= 4 is 11.9 Å². The van der Waals surface area contributed by atoms with Crippen molar-refractivity contribution in [3.8, 4) is 0 Å². The Labute approximate surface area is 146 Å². The number of nitrogens with zero attached hydrogens (tertiary/aromatic N) is 4. The average Bonchev–Trinajstić information content (AvgIpc) is 3.16. The molecule has 3 rings (SSSR count). The Balaban J connectivity index is 1.67. The molecule has 0 unspecified atom stereocenters. The summed E-state index contributed by atoms with van der Waals surface area (Å²) in [5.74, 6) is 0.863. The largest absolute Gasteiger partial charge is 0.447 e. The minimum atomic E-state index is -0.436. The summed E-state index contributed by atoms with van der Waals surface area (Å²) < 4.78 is 6.63. The van der Waals surface area contributed by atoms with Gasteiger partial charge in [-0.05, 0) is 24.6 Å². The third kappa shape index (κ3) is 4.67. The minimum absolute atomic E-state index is 0.263. The maximum atomic E-state index is 11.9. The molecule has 2 aromatic heterocycles. The first-order chi connectivity index (χ1) is 12.2. The van der Waals surface area contributed by atoms with Crippen LogP contribution in [-0.4, -0.2) is 33.8 Å². The van der Waals surface area contributed by atoms with Gasteiger partial charge in [0.05, 0.1) is 6.54 Å². The van der Waals surface area contributed by atoms with Gasteiger partial charge in [-0.1, -0.05) is 36.4 Å². The molecule has 0 aliphatic rings. The monoisotopic (exact) mass is 336 g/mol. The quantitative estimate of drug-likeness (QED) is 0.691. The maximum Gasteiger partial charge on any atom is 0.419 e. The Bertz CT molecular complexity index is 803. The Kier molecular flexibility index (Phi) is 5.41. The summed E-state index contributed by atoms with van der Waals surface area (Å²) in [4.78, 5) is 22.4. The third-order valence-corrected chi connectivity index (χ3v) is 3.72. The predicted octanol–water partition coefficient (Wildman–Crippen LogP) is 3.28. The van der Waals surface area contributed by atoms with Crippen molar-refractivity contribution < 1.29 is 9.53 Å². The van der Waals surface area contributed by atoms with Gasteiger partial charge in [-0.25, -0.2) is 19.3 Å². The normalized spacial score (nSPS) is 10.4. The van der Waals surface area contributed by atoms with Crippen molar-refractivity contribution in [2.75, 3.05) is 18.1 Å². The Morgan fingerprint density at radius 3 is 2.72 bits per heavy atom. The number of hydrogen-bond acceptors (Lipinski definition) is 5. The number of imidazole rings is 1. The van der Waals surface area contributed by atoms with E-state index < -0.39 is 6.09 Å². The number of hydrogen-bond donors (Lipinski definition) is 0. The van der Waals surface area contributed by atoms with Crippen LogP contribution in [0.4, 0.5) is 10.6 Å². The van der Waals surface area contributed by atoms with Crippen LogP contribution in [-0.2, 0) is 11.3 Å². The lowest BCUT2D eigenvalue weighted by atomic mass is 10.2. The molecule has 1 aromatic carbocycles. The molecule has 0 aliphatic carbocycles. The summed E-state index contributed by atoms with van der Waals surface area (Å²) in [6.07, 6.45) is 4.09. The molecule has 0 amide bonds. The molecule has 0 aliphatic heterocycles. The van der Waals surface area contributed by atoms with Gasteiger partial charge in [0.25, 0.3) is 0 Å². The third-order valence-electron chi connectivity index (χ3n) is 3.72. The van der Waals surface area contributed by atoms with Crippen molar-refractivity contribution in [2.24, 2.45) is 0 Å². The first-order valence-corrected chi connectivity index (χ1v) is 8.10. The molecule has 6 heteroatoms. The second kappa shape index (κ2) is 8.10. The number of ether oxygens (including phenoxy) is 1. The van der Waals surface area contributed by atoms with Crippen LogP contribution < -0.4 is 4.90 Å². The van der Waals surface area contributed by atoms with Crippen LogP contribution in [0, 0.1) is 6.92 Å². The van der Waals surface area contributed by atoms with E-state index in [0.29, 0.717) is 13.1 Å². The van der Waals surface area contributed by atoms with E-state index in [1.54, 1.807) is 12.4 Å². The highest BCUT2D eigenvalue weighted by Gasteiger charge is 2.11. The average molecular weight is 336 g/mol. The lowest BCUT2D eigenvalue weighted by Gasteiger charge is -2.24. The highest BCUT2D eigenvalue weighted by Crippen LogP contribution is 2.15. The highest BCUT2D eigenvalue weighted by atomic mass is 16.5. The zero-order valence-corrected chi connectivity index (χ0v) is 14.1. The van der Waals surface area contributed by atoms with E-state index in [0.717, 1.165) is 11.5 Å². The minimum Gasteiger partial charge on any atom is -0.447 e. The van der Waals surface area contributed by atoms with E-state index >= 15 is 0 Å². The molecule has 25 heavy (non-hydrogen) atoms. The number of aryl methyl sites for hydroxylation is 1. The molecule has 0 radical (unpaired) electrons. The summed E-state index contributed by atoms with van der Waals surface area (Å²) in [6, 6.07) is 16.1. The smallest absolute Gasteiger partial charge is 0.419 e. The van der Waals surface area contributed by atoms with E-state index in [9.17, 15) is 4.79 Å². The van der Waals surface area contributed by atoms with Gasteiger partial charge in [-0.3, -0.25) is 0 Å². The molecule has 128 valence electrons. The number of aromatic nitrogens is 3. The van der Waals surface area contributed by atoms with Crippen LogP contribution in [0.25, 0.3) is 0 Å². The summed E-state index contributed by atoms with van der Waals surface area (Å²) >= 11 is 0. The summed E-state index contributed by atoms with van der Waals surface area (Å²) in [6.45, 7) is 3.47. The second-order valence-electron chi connectivity index (χ2n) is 5.63. The van der Waals surface area contributed by atoms with Gasteiger partial charge in [-0.2, -0.15) is 0 Å². The fraction of sp³-hybridized carbons (Fsp3) is 0.211. The molecule has 0 spiro atoms. The van der Waals surface area contributed by atoms with E-state index in [2.05, 4.69) is 27.0 Å². The van der Waals surface area contributed by atoms with Gasteiger partial charge in [0, 0.05) is 24.6 Å². The van der Waals surface area contributed by atoms with E-state index in [1.807, 2.05) is 43.3 Å². The topological polar surface area (TPSA) is 60.2 Å². The van der Waals surface area contributed by atoms with Gasteiger partial charge in [0.1, 0.15) is 18.8 Å². The summed E-state index contributed by atoms with van der Waals surface area (Å²) in [7, 11) is 0. The van der Waals surface area contributed by atoms with Crippen molar-refractivity contribution in [3.63, 3.8) is 0 Å². The van der Waals surface area contributed by atoms with Crippen LogP contribution in [0.3, 0.4) is 0 Å². The van der Waals surface area contributed by atoms with Crippen molar-refractivity contribution in [2.45, 2.75) is 13.5 Å². The molecule has 6 nitrogen and oxygen atoms in total. The van der Waals surface area contributed by atoms with Crippen molar-refractivity contribution in [3.05, 3.63) is 78.5 Å². The Hall–Kier alpha value is -3.15. The van der Waals surface area contributed by atoms with E-state index in [-0.39, 0.29) is 6.61 Å². The van der Waals surface area contributed by atoms with E-state index in [1.165, 1.54) is 16.5 Å². The maximum absolute atomic E-state index is 11.9. The van der Waals surface area contributed by atoms with Crippen LogP contribution in [0.5, 0.6) is 0 Å². The van der Waals surface area contributed by atoms with Gasteiger partial charge in [-0.15, -0.1) is 0 Å². The first kappa shape index (κ1) is 16.7. The van der Waals surface area contributed by atoms with Gasteiger partial charge in [0.15, 0.2) is 0 Å². The number of benzene rings is 1. The molecule has 0 saturated heterocycles. The first-order valence-electron chi connectivity index (χ1n) is 8.10. The zero-order chi connectivity index (χ0) is 17.5. The molecule has 0 atom stereocenters. The van der Waals surface area contributed by atoms with Crippen LogP contribution in [0.15, 0.2) is 67.3 Å². The SMILES string of the molecule is Cc1cccc(N(CCOC(=O)n2ccnc2)Cc2ccccc2)n1. The van der Waals surface area contributed by atoms with Gasteiger partial charge >= 0.3 is 6.09 Å². The number of pyridine rings is 1. The summed E-state index contributed by atoms with van der Waals surface area (Å²) in [5, 5.41) is 0. The molecular weight excluding hydrogens is 316 g/mol. The highest BCUT2D eigenvalue weighted by molar-refractivity contribution is 5.69. The van der Waals surface area contributed by atoms with Crippen LogP contribution >= 0.6 is 0 Å². The number of rotatable bonds is 6. The fourth-order valence-electron chi connectivity index (χ4n) is 2.47. The van der Waals surface area contributed by atoms with Crippen molar-refractivity contribution in [1.82, 2.24) is 14.5 Å². The van der Waals surface area contributed by atoms with E-state index in [4.69, 9.17) is 4.74 Å². The molecule has 0 bridgehead atoms. The fourth-order valence-corrected chi connectivity index (χ4v) is 2.47. The second-order valence-corrected chi connectivity index (χ2v) is 5.63. The number of carbonyl (C=O) groups is 1. The van der Waals surface area contributed by atoms with Gasteiger partial charge < -0.3 is 9.64 Å². The number of anilines is 1. The van der Waals surface area contributed by atoms with Crippen LogP contribution in [0.1, 0.15) is 11.3 Å². The lowest BCUT2D eigenvalue weighted by molar-refractivity contribution is 0.150. The predicted molar refractivity (Wildman–Crippen MR) is 95.4 cm³/mol. The number of carbonyl (C=O) groups excluding carboxylic acids is 1. The molecular formula is C19H20N4O2. The van der Waals surface area contributed by atoms with Crippen molar-refractivity contribution in [1.29, 1.82) is 0 Å². The molecule has 0 saturated carbocycles. The standard InChI is InChI=1S/C19H20N4O2/c1-16-6-5-9-18(21-16)22(14-17-7-3-2-4-8-17)12-13-25-19(24)23-11-10-20-15-23/h2-11,15H,12-14H2,1H3. The summed E-state index contributed by atoms with van der Waals surface area (Å²) in [5.41, 5.74) is 2.12. The zero-order valence-electron chi connectivity index (χ0n) is 14.1. The lowest BCUT2D eigenvalue weighted by Crippen LogP contribution is -2.29. The Morgan fingerprint density at radius 2 is 2.00 bits per heavy atom. The molecule has 3 aromatic rings. The van der Waals surface area contributed by atoms with Crippen LogP contribution in [0.2, 0.25) is 0 Å². The molecule has 0 fully saturated rings. The molecule has 2 heterocycles. The Morgan fingerprint density at radius 1 is 1.16 bits per heavy atom. The van der Waals surface area contributed by atoms with Gasteiger partial charge in [0.2, 0.25) is 0 Å².